The highest BCUT2D eigenvalue weighted by molar-refractivity contribution is 7.80. The third-order valence-electron chi connectivity index (χ3n) is 2.62. The van der Waals surface area contributed by atoms with E-state index in [1.54, 1.807) is 0 Å². The van der Waals surface area contributed by atoms with Crippen molar-refractivity contribution in [2.75, 3.05) is 0 Å². The fourth-order valence-electron chi connectivity index (χ4n) is 1.53. The minimum atomic E-state index is 0.104. The van der Waals surface area contributed by atoms with Crippen molar-refractivity contribution in [3.63, 3.8) is 0 Å². The van der Waals surface area contributed by atoms with Gasteiger partial charge in [-0.3, -0.25) is 0 Å². The molecule has 2 aromatic heterocycles. The van der Waals surface area contributed by atoms with Crippen LogP contribution in [0.15, 0.2) is 12.3 Å². The standard InChI is InChI=1S/C12H17N3S/c1-7(16)10-14-9-5-8(12(2,3)4)6-13-11(9)15-10/h5-7,16H,1-4H3,(H,13,14,15). The Bertz CT molecular complexity index is 508. The zero-order chi connectivity index (χ0) is 11.9. The van der Waals surface area contributed by atoms with Gasteiger partial charge in [-0.25, -0.2) is 9.97 Å². The van der Waals surface area contributed by atoms with Crippen LogP contribution in [0.1, 0.15) is 44.3 Å². The second kappa shape index (κ2) is 3.77. The monoisotopic (exact) mass is 235 g/mol. The first-order valence-corrected chi connectivity index (χ1v) is 5.94. The van der Waals surface area contributed by atoms with Gasteiger partial charge in [0, 0.05) is 6.20 Å². The first-order valence-electron chi connectivity index (χ1n) is 5.42. The van der Waals surface area contributed by atoms with Crippen molar-refractivity contribution in [2.45, 2.75) is 38.4 Å². The van der Waals surface area contributed by atoms with Gasteiger partial charge in [-0.1, -0.05) is 20.8 Å². The Kier molecular flexibility index (Phi) is 2.70. The Morgan fingerprint density at radius 3 is 2.62 bits per heavy atom. The summed E-state index contributed by atoms with van der Waals surface area (Å²) in [7, 11) is 0. The number of imidazole rings is 1. The van der Waals surface area contributed by atoms with Gasteiger partial charge in [0.25, 0.3) is 0 Å². The summed E-state index contributed by atoms with van der Waals surface area (Å²) < 4.78 is 0. The van der Waals surface area contributed by atoms with Crippen LogP contribution in [-0.4, -0.2) is 15.0 Å². The lowest BCUT2D eigenvalue weighted by molar-refractivity contribution is 0.588. The smallest absolute Gasteiger partial charge is 0.177 e. The number of aromatic nitrogens is 3. The summed E-state index contributed by atoms with van der Waals surface area (Å²) in [6.45, 7) is 8.52. The van der Waals surface area contributed by atoms with E-state index in [9.17, 15) is 0 Å². The number of hydrogen-bond donors (Lipinski definition) is 2. The van der Waals surface area contributed by atoms with E-state index in [-0.39, 0.29) is 10.7 Å². The van der Waals surface area contributed by atoms with Crippen molar-refractivity contribution in [3.05, 3.63) is 23.7 Å². The lowest BCUT2D eigenvalue weighted by atomic mass is 9.88. The fourth-order valence-corrected chi connectivity index (χ4v) is 1.65. The largest absolute Gasteiger partial charge is 0.340 e. The maximum Gasteiger partial charge on any atom is 0.177 e. The van der Waals surface area contributed by atoms with Gasteiger partial charge in [0.1, 0.15) is 5.82 Å². The minimum absolute atomic E-state index is 0.104. The molecule has 1 N–H and O–H groups in total. The SMILES string of the molecule is CC(S)c1nc2ncc(C(C)(C)C)cc2[nH]1. The van der Waals surface area contributed by atoms with E-state index in [4.69, 9.17) is 0 Å². The Labute approximate surface area is 101 Å². The van der Waals surface area contributed by atoms with Crippen LogP contribution >= 0.6 is 12.6 Å². The van der Waals surface area contributed by atoms with Gasteiger partial charge in [-0.05, 0) is 24.0 Å². The third kappa shape index (κ3) is 2.07. The van der Waals surface area contributed by atoms with Crippen LogP contribution in [0.4, 0.5) is 0 Å². The van der Waals surface area contributed by atoms with Gasteiger partial charge in [-0.2, -0.15) is 12.6 Å². The summed E-state index contributed by atoms with van der Waals surface area (Å²) in [5.41, 5.74) is 3.08. The Hall–Kier alpha value is -1.03. The number of hydrogen-bond acceptors (Lipinski definition) is 3. The molecule has 0 saturated carbocycles. The van der Waals surface area contributed by atoms with Crippen molar-refractivity contribution in [1.82, 2.24) is 15.0 Å². The molecule has 2 rings (SSSR count). The van der Waals surface area contributed by atoms with Crippen molar-refractivity contribution in [1.29, 1.82) is 0 Å². The van der Waals surface area contributed by atoms with Crippen molar-refractivity contribution >= 4 is 23.8 Å². The lowest BCUT2D eigenvalue weighted by Crippen LogP contribution is -2.11. The maximum absolute atomic E-state index is 4.39. The predicted octanol–water partition coefficient (Wildman–Crippen LogP) is 3.25. The molecular formula is C12H17N3S. The van der Waals surface area contributed by atoms with Crippen LogP contribution in [-0.2, 0) is 5.41 Å². The van der Waals surface area contributed by atoms with Gasteiger partial charge in [0.05, 0.1) is 10.8 Å². The molecular weight excluding hydrogens is 218 g/mol. The van der Waals surface area contributed by atoms with E-state index in [1.807, 2.05) is 13.1 Å². The molecule has 4 heteroatoms. The van der Waals surface area contributed by atoms with Gasteiger partial charge < -0.3 is 4.98 Å². The summed E-state index contributed by atoms with van der Waals surface area (Å²) in [4.78, 5) is 12.0. The molecule has 0 aromatic carbocycles. The Balaban J connectivity index is 2.54. The second-order valence-electron chi connectivity index (χ2n) is 5.14. The van der Waals surface area contributed by atoms with E-state index in [0.29, 0.717) is 0 Å². The molecule has 0 fully saturated rings. The molecule has 0 saturated heterocycles. The van der Waals surface area contributed by atoms with Crippen LogP contribution in [0.5, 0.6) is 0 Å². The van der Waals surface area contributed by atoms with E-state index in [2.05, 4.69) is 54.4 Å². The molecule has 0 aliphatic carbocycles. The first kappa shape index (κ1) is 11.5. The van der Waals surface area contributed by atoms with Gasteiger partial charge in [0.2, 0.25) is 0 Å². The lowest BCUT2D eigenvalue weighted by Gasteiger charge is -2.17. The first-order chi connectivity index (χ1) is 7.38. The second-order valence-corrected chi connectivity index (χ2v) is 5.92. The average molecular weight is 235 g/mol. The van der Waals surface area contributed by atoms with Gasteiger partial charge in [-0.15, -0.1) is 0 Å². The summed E-state index contributed by atoms with van der Waals surface area (Å²) in [6.07, 6.45) is 1.90. The molecule has 16 heavy (non-hydrogen) atoms. The number of thiol groups is 1. The topological polar surface area (TPSA) is 41.6 Å². The fraction of sp³-hybridized carbons (Fsp3) is 0.500. The molecule has 0 aliphatic heterocycles. The highest BCUT2D eigenvalue weighted by Gasteiger charge is 2.16. The Morgan fingerprint density at radius 2 is 2.06 bits per heavy atom. The number of aromatic amines is 1. The molecule has 3 nitrogen and oxygen atoms in total. The average Bonchev–Trinajstić information content (AvgIpc) is 2.58. The van der Waals surface area contributed by atoms with Crippen LogP contribution in [0.3, 0.4) is 0 Å². The highest BCUT2D eigenvalue weighted by atomic mass is 32.1. The molecule has 0 bridgehead atoms. The van der Waals surface area contributed by atoms with Crippen molar-refractivity contribution in [2.24, 2.45) is 0 Å². The normalized spacial score (nSPS) is 14.3. The molecule has 2 heterocycles. The third-order valence-corrected chi connectivity index (χ3v) is 2.86. The van der Waals surface area contributed by atoms with E-state index in [0.717, 1.165) is 17.0 Å². The number of rotatable bonds is 1. The molecule has 0 aliphatic rings. The van der Waals surface area contributed by atoms with E-state index in [1.165, 1.54) is 5.56 Å². The zero-order valence-electron chi connectivity index (χ0n) is 10.1. The predicted molar refractivity (Wildman–Crippen MR) is 70.0 cm³/mol. The molecule has 2 aromatic rings. The van der Waals surface area contributed by atoms with E-state index >= 15 is 0 Å². The number of pyridine rings is 1. The van der Waals surface area contributed by atoms with Crippen molar-refractivity contribution in [3.8, 4) is 0 Å². The minimum Gasteiger partial charge on any atom is -0.340 e. The van der Waals surface area contributed by atoms with Crippen LogP contribution in [0.2, 0.25) is 0 Å². The van der Waals surface area contributed by atoms with E-state index < -0.39 is 0 Å². The Morgan fingerprint density at radius 1 is 1.38 bits per heavy atom. The summed E-state index contributed by atoms with van der Waals surface area (Å²) >= 11 is 4.36. The number of fused-ring (bicyclic) bond motifs is 1. The van der Waals surface area contributed by atoms with Crippen LogP contribution in [0, 0.1) is 0 Å². The van der Waals surface area contributed by atoms with Gasteiger partial charge >= 0.3 is 0 Å². The quantitative estimate of drug-likeness (QED) is 0.745. The molecule has 0 radical (unpaired) electrons. The van der Waals surface area contributed by atoms with Crippen LogP contribution < -0.4 is 0 Å². The molecule has 0 amide bonds. The summed E-state index contributed by atoms with van der Waals surface area (Å²) in [5.74, 6) is 0.872. The molecule has 0 spiro atoms. The molecule has 1 atom stereocenters. The summed E-state index contributed by atoms with van der Waals surface area (Å²) in [5, 5.41) is 0.104. The van der Waals surface area contributed by atoms with Crippen LogP contribution in [0.25, 0.3) is 11.2 Å². The summed E-state index contributed by atoms with van der Waals surface area (Å²) in [6, 6.07) is 2.12. The molecule has 86 valence electrons. The number of nitrogens with one attached hydrogen (secondary N) is 1. The zero-order valence-corrected chi connectivity index (χ0v) is 11.0. The highest BCUT2D eigenvalue weighted by Crippen LogP contribution is 2.25. The maximum atomic E-state index is 4.39. The van der Waals surface area contributed by atoms with Crippen molar-refractivity contribution < 1.29 is 0 Å². The number of nitrogens with zero attached hydrogens (tertiary/aromatic N) is 2. The van der Waals surface area contributed by atoms with Gasteiger partial charge in [0.15, 0.2) is 5.65 Å². The number of H-pyrrole nitrogens is 1. The molecule has 1 unspecified atom stereocenters.